The van der Waals surface area contributed by atoms with Crippen LogP contribution in [0.15, 0.2) is 24.3 Å². The van der Waals surface area contributed by atoms with Crippen LogP contribution in [0, 0.1) is 0 Å². The molecule has 20 heavy (non-hydrogen) atoms. The van der Waals surface area contributed by atoms with E-state index < -0.39 is 0 Å². The monoisotopic (exact) mass is 276 g/mol. The van der Waals surface area contributed by atoms with Crippen LogP contribution in [0.2, 0.25) is 0 Å². The molecule has 0 saturated heterocycles. The minimum atomic E-state index is -0.215. The van der Waals surface area contributed by atoms with Gasteiger partial charge in [0.1, 0.15) is 6.04 Å². The molecule has 1 rings (SSSR count). The summed E-state index contributed by atoms with van der Waals surface area (Å²) in [7, 11) is 0. The minimum absolute atomic E-state index is 0.0669. The Kier molecular flexibility index (Phi) is 7.13. The average Bonchev–Trinajstić information content (AvgIpc) is 2.41. The van der Waals surface area contributed by atoms with Gasteiger partial charge in [0.25, 0.3) is 0 Å². The summed E-state index contributed by atoms with van der Waals surface area (Å²) in [6, 6.07) is 8.24. The highest BCUT2D eigenvalue weighted by Gasteiger charge is 2.15. The third-order valence-electron chi connectivity index (χ3n) is 3.41. The van der Waals surface area contributed by atoms with Gasteiger partial charge in [-0.25, -0.2) is 0 Å². The molecule has 3 heteroatoms. The molecule has 0 spiro atoms. The van der Waals surface area contributed by atoms with Crippen LogP contribution in [-0.4, -0.2) is 18.0 Å². The van der Waals surface area contributed by atoms with Crippen molar-refractivity contribution in [3.63, 3.8) is 0 Å². The lowest BCUT2D eigenvalue weighted by atomic mass is 10.1. The molecule has 3 nitrogen and oxygen atoms in total. The number of carbonyl (C=O) groups excluding carboxylic acids is 1. The molecule has 0 radical (unpaired) electrons. The molecular weight excluding hydrogens is 248 g/mol. The number of para-hydroxylation sites is 1. The van der Waals surface area contributed by atoms with E-state index in [-0.39, 0.29) is 18.0 Å². The first-order valence-electron chi connectivity index (χ1n) is 7.73. The second-order valence-electron chi connectivity index (χ2n) is 5.47. The number of carbonyl (C=O) groups is 1. The molecule has 112 valence electrons. The van der Waals surface area contributed by atoms with Crippen molar-refractivity contribution < 1.29 is 4.79 Å². The summed E-state index contributed by atoms with van der Waals surface area (Å²) in [4.78, 5) is 12.1. The zero-order valence-electron chi connectivity index (χ0n) is 13.2. The van der Waals surface area contributed by atoms with E-state index in [4.69, 9.17) is 0 Å². The van der Waals surface area contributed by atoms with Crippen molar-refractivity contribution in [1.29, 1.82) is 0 Å². The van der Waals surface area contributed by atoms with Crippen molar-refractivity contribution in [2.24, 2.45) is 0 Å². The first kappa shape index (κ1) is 16.5. The number of benzene rings is 1. The lowest BCUT2D eigenvalue weighted by Gasteiger charge is -2.20. The SMILES string of the molecule is CCCc1ccccc1NC(C)C(=O)NC(C)CCC. The number of nitrogens with one attached hydrogen (secondary N) is 2. The third-order valence-corrected chi connectivity index (χ3v) is 3.41. The molecule has 2 atom stereocenters. The van der Waals surface area contributed by atoms with Crippen LogP contribution in [0.4, 0.5) is 5.69 Å². The van der Waals surface area contributed by atoms with Gasteiger partial charge in [-0.05, 0) is 38.3 Å². The second-order valence-corrected chi connectivity index (χ2v) is 5.47. The fraction of sp³-hybridized carbons (Fsp3) is 0.588. The summed E-state index contributed by atoms with van der Waals surface area (Å²) in [6.07, 6.45) is 4.24. The Hall–Kier alpha value is -1.51. The Morgan fingerprint density at radius 2 is 1.85 bits per heavy atom. The molecule has 0 aliphatic carbocycles. The van der Waals surface area contributed by atoms with E-state index in [1.807, 2.05) is 25.1 Å². The van der Waals surface area contributed by atoms with E-state index >= 15 is 0 Å². The van der Waals surface area contributed by atoms with Gasteiger partial charge in [0, 0.05) is 11.7 Å². The molecule has 1 amide bonds. The van der Waals surface area contributed by atoms with E-state index in [1.165, 1.54) is 5.56 Å². The molecule has 0 saturated carbocycles. The van der Waals surface area contributed by atoms with Crippen molar-refractivity contribution in [2.75, 3.05) is 5.32 Å². The normalized spacial score (nSPS) is 13.6. The number of hydrogen-bond acceptors (Lipinski definition) is 2. The minimum Gasteiger partial charge on any atom is -0.374 e. The molecule has 1 aromatic rings. The topological polar surface area (TPSA) is 41.1 Å². The van der Waals surface area contributed by atoms with Gasteiger partial charge in [-0.15, -0.1) is 0 Å². The predicted molar refractivity (Wildman–Crippen MR) is 86.0 cm³/mol. The Morgan fingerprint density at radius 1 is 1.15 bits per heavy atom. The first-order valence-corrected chi connectivity index (χ1v) is 7.73. The standard InChI is InChI=1S/C17H28N2O/c1-5-9-13(3)18-17(20)14(4)19-16-12-8-7-11-15(16)10-6-2/h7-8,11-14,19H,5-6,9-10H2,1-4H3,(H,18,20). The van der Waals surface area contributed by atoms with Crippen LogP contribution in [0.25, 0.3) is 0 Å². The van der Waals surface area contributed by atoms with Crippen LogP contribution in [0.3, 0.4) is 0 Å². The summed E-state index contributed by atoms with van der Waals surface area (Å²) in [5.41, 5.74) is 2.34. The van der Waals surface area contributed by atoms with Gasteiger partial charge in [0.05, 0.1) is 0 Å². The molecule has 0 fully saturated rings. The van der Waals surface area contributed by atoms with Crippen molar-refractivity contribution in [2.45, 2.75) is 65.5 Å². The molecular formula is C17H28N2O. The first-order chi connectivity index (χ1) is 9.58. The Bertz CT molecular complexity index is 417. The zero-order valence-corrected chi connectivity index (χ0v) is 13.2. The fourth-order valence-electron chi connectivity index (χ4n) is 2.32. The van der Waals surface area contributed by atoms with Crippen molar-refractivity contribution >= 4 is 11.6 Å². The largest absolute Gasteiger partial charge is 0.374 e. The lowest BCUT2D eigenvalue weighted by molar-refractivity contribution is -0.122. The Morgan fingerprint density at radius 3 is 2.50 bits per heavy atom. The number of amides is 1. The van der Waals surface area contributed by atoms with Gasteiger partial charge >= 0.3 is 0 Å². The highest BCUT2D eigenvalue weighted by Crippen LogP contribution is 2.17. The van der Waals surface area contributed by atoms with Gasteiger partial charge in [0.15, 0.2) is 0 Å². The summed E-state index contributed by atoms with van der Waals surface area (Å²) in [6.45, 7) is 8.26. The number of aryl methyl sites for hydroxylation is 1. The Balaban J connectivity index is 2.61. The second kappa shape index (κ2) is 8.62. The predicted octanol–water partition coefficient (Wildman–Crippen LogP) is 3.74. The number of hydrogen-bond donors (Lipinski definition) is 2. The zero-order chi connectivity index (χ0) is 15.0. The van der Waals surface area contributed by atoms with Crippen molar-refractivity contribution in [1.82, 2.24) is 5.32 Å². The van der Waals surface area contributed by atoms with Gasteiger partial charge in [-0.1, -0.05) is 44.9 Å². The molecule has 0 bridgehead atoms. The van der Waals surface area contributed by atoms with Crippen LogP contribution >= 0.6 is 0 Å². The molecule has 0 heterocycles. The lowest BCUT2D eigenvalue weighted by Crippen LogP contribution is -2.42. The fourth-order valence-corrected chi connectivity index (χ4v) is 2.32. The average molecular weight is 276 g/mol. The van der Waals surface area contributed by atoms with Crippen LogP contribution < -0.4 is 10.6 Å². The maximum atomic E-state index is 12.1. The van der Waals surface area contributed by atoms with E-state index in [9.17, 15) is 4.79 Å². The number of anilines is 1. The highest BCUT2D eigenvalue weighted by atomic mass is 16.2. The van der Waals surface area contributed by atoms with E-state index in [1.54, 1.807) is 0 Å². The van der Waals surface area contributed by atoms with Crippen molar-refractivity contribution in [3.8, 4) is 0 Å². The highest BCUT2D eigenvalue weighted by molar-refractivity contribution is 5.84. The number of rotatable bonds is 8. The maximum absolute atomic E-state index is 12.1. The quantitative estimate of drug-likeness (QED) is 0.759. The molecule has 1 aromatic carbocycles. The molecule has 0 aliphatic heterocycles. The summed E-state index contributed by atoms with van der Waals surface area (Å²) >= 11 is 0. The summed E-state index contributed by atoms with van der Waals surface area (Å²) in [5.74, 6) is 0.0669. The van der Waals surface area contributed by atoms with Crippen LogP contribution in [0.1, 0.15) is 52.5 Å². The Labute approximate surface area is 123 Å². The van der Waals surface area contributed by atoms with Gasteiger partial charge in [-0.3, -0.25) is 4.79 Å². The van der Waals surface area contributed by atoms with E-state index in [0.717, 1.165) is 31.4 Å². The van der Waals surface area contributed by atoms with Crippen LogP contribution in [-0.2, 0) is 11.2 Å². The summed E-state index contributed by atoms with van der Waals surface area (Å²) < 4.78 is 0. The van der Waals surface area contributed by atoms with E-state index in [2.05, 4.69) is 37.5 Å². The summed E-state index contributed by atoms with van der Waals surface area (Å²) in [5, 5.41) is 6.38. The molecule has 0 aliphatic rings. The molecule has 2 N–H and O–H groups in total. The molecule has 0 aromatic heterocycles. The van der Waals surface area contributed by atoms with Gasteiger partial charge < -0.3 is 10.6 Å². The van der Waals surface area contributed by atoms with E-state index in [0.29, 0.717) is 0 Å². The van der Waals surface area contributed by atoms with Crippen molar-refractivity contribution in [3.05, 3.63) is 29.8 Å². The third kappa shape index (κ3) is 5.24. The van der Waals surface area contributed by atoms with Gasteiger partial charge in [0.2, 0.25) is 5.91 Å². The van der Waals surface area contributed by atoms with Gasteiger partial charge in [-0.2, -0.15) is 0 Å². The smallest absolute Gasteiger partial charge is 0.242 e. The maximum Gasteiger partial charge on any atom is 0.242 e. The molecule has 2 unspecified atom stereocenters. The van der Waals surface area contributed by atoms with Crippen LogP contribution in [0.5, 0.6) is 0 Å².